The zero-order valence-electron chi connectivity index (χ0n) is 15.2. The van der Waals surface area contributed by atoms with Crippen LogP contribution in [0.4, 0.5) is 5.69 Å². The van der Waals surface area contributed by atoms with Crippen molar-refractivity contribution in [2.45, 2.75) is 57.3 Å². The lowest BCUT2D eigenvalue weighted by Crippen LogP contribution is -2.51. The predicted octanol–water partition coefficient (Wildman–Crippen LogP) is 3.15. The van der Waals surface area contributed by atoms with Crippen LogP contribution in [0.3, 0.4) is 0 Å². The predicted molar refractivity (Wildman–Crippen MR) is 98.4 cm³/mol. The molecule has 3 aliphatic rings. The van der Waals surface area contributed by atoms with Gasteiger partial charge < -0.3 is 5.32 Å². The number of carbonyl (C=O) groups is 3. The molecule has 1 saturated heterocycles. The third-order valence-electron chi connectivity index (χ3n) is 6.73. The van der Waals surface area contributed by atoms with Crippen molar-refractivity contribution >= 4 is 23.4 Å². The third kappa shape index (κ3) is 2.83. The van der Waals surface area contributed by atoms with E-state index in [0.717, 1.165) is 11.3 Å². The lowest BCUT2D eigenvalue weighted by Gasteiger charge is -2.35. The van der Waals surface area contributed by atoms with Crippen molar-refractivity contribution in [3.05, 3.63) is 29.8 Å². The van der Waals surface area contributed by atoms with Crippen LogP contribution in [-0.4, -0.2) is 17.7 Å². The lowest BCUT2D eigenvalue weighted by molar-refractivity contribution is -0.138. The van der Waals surface area contributed by atoms with E-state index in [1.54, 1.807) is 0 Å². The topological polar surface area (TPSA) is 75.3 Å². The number of fused-ring (bicyclic) bond motifs is 1. The van der Waals surface area contributed by atoms with Crippen LogP contribution in [0.25, 0.3) is 0 Å². The fourth-order valence-electron chi connectivity index (χ4n) is 5.05. The normalized spacial score (nSPS) is 33.2. The van der Waals surface area contributed by atoms with Gasteiger partial charge in [-0.2, -0.15) is 0 Å². The van der Waals surface area contributed by atoms with Gasteiger partial charge >= 0.3 is 0 Å². The van der Waals surface area contributed by atoms with Crippen molar-refractivity contribution in [3.63, 3.8) is 0 Å². The van der Waals surface area contributed by atoms with E-state index in [9.17, 15) is 14.4 Å². The fourth-order valence-corrected chi connectivity index (χ4v) is 5.05. The number of nitrogens with one attached hydrogen (secondary N) is 2. The summed E-state index contributed by atoms with van der Waals surface area (Å²) in [6, 6.07) is 7.57. The molecule has 3 amide bonds. The van der Waals surface area contributed by atoms with Gasteiger partial charge in [0.2, 0.25) is 17.7 Å². The summed E-state index contributed by atoms with van der Waals surface area (Å²) < 4.78 is 0. The molecule has 1 unspecified atom stereocenters. The summed E-state index contributed by atoms with van der Waals surface area (Å²) in [4.78, 5) is 36.5. The zero-order valence-corrected chi connectivity index (χ0v) is 15.2. The van der Waals surface area contributed by atoms with Gasteiger partial charge in [0, 0.05) is 18.0 Å². The molecule has 4 atom stereocenters. The number of amides is 3. The molecule has 2 aliphatic carbocycles. The van der Waals surface area contributed by atoms with Crippen molar-refractivity contribution in [1.82, 2.24) is 5.32 Å². The molecule has 5 heteroatoms. The molecule has 0 bridgehead atoms. The second-order valence-corrected chi connectivity index (χ2v) is 8.02. The monoisotopic (exact) mass is 354 g/mol. The van der Waals surface area contributed by atoms with E-state index in [-0.39, 0.29) is 23.6 Å². The first-order valence-electron chi connectivity index (χ1n) is 9.81. The van der Waals surface area contributed by atoms with Gasteiger partial charge in [0.25, 0.3) is 0 Å². The largest absolute Gasteiger partial charge is 0.326 e. The van der Waals surface area contributed by atoms with Crippen LogP contribution in [-0.2, 0) is 19.8 Å². The summed E-state index contributed by atoms with van der Waals surface area (Å²) in [6.07, 6.45) is 6.42. The highest BCUT2D eigenvalue weighted by molar-refractivity contribution is 6.03. The number of hydrogen-bond donors (Lipinski definition) is 2. The highest BCUT2D eigenvalue weighted by Crippen LogP contribution is 2.55. The molecule has 2 N–H and O–H groups in total. The maximum Gasteiger partial charge on any atom is 0.237 e. The zero-order chi connectivity index (χ0) is 18.3. The number of imide groups is 1. The van der Waals surface area contributed by atoms with Crippen molar-refractivity contribution in [3.8, 4) is 0 Å². The number of hydrogen-bond acceptors (Lipinski definition) is 3. The summed E-state index contributed by atoms with van der Waals surface area (Å²) in [7, 11) is 0. The third-order valence-corrected chi connectivity index (χ3v) is 6.73. The van der Waals surface area contributed by atoms with Crippen molar-refractivity contribution in [1.29, 1.82) is 0 Å². The molecule has 0 spiro atoms. The molecule has 5 nitrogen and oxygen atoms in total. The molecule has 0 radical (unpaired) electrons. The standard InChI is InChI=1S/C21H26N2O3/c1-2-21(12-11-17(24)23-20(21)26)13-7-9-14(10-8-13)22-19(25)18-15-5-3-4-6-16(15)18/h7-10,15-16,18H,2-6,11-12H2,1H3,(H,22,25)(H,23,24,26)/t15-,16+,18?,21-/m0/s1. The summed E-state index contributed by atoms with van der Waals surface area (Å²) in [5, 5.41) is 5.52. The van der Waals surface area contributed by atoms with E-state index in [1.807, 2.05) is 31.2 Å². The van der Waals surface area contributed by atoms with Gasteiger partial charge in [0.1, 0.15) is 0 Å². The Labute approximate surface area is 153 Å². The highest BCUT2D eigenvalue weighted by atomic mass is 16.2. The molecule has 138 valence electrons. The number of benzene rings is 1. The van der Waals surface area contributed by atoms with Gasteiger partial charge in [-0.3, -0.25) is 19.7 Å². The average molecular weight is 354 g/mol. The van der Waals surface area contributed by atoms with Crippen molar-refractivity contribution in [2.24, 2.45) is 17.8 Å². The molecule has 1 aromatic carbocycles. The molecule has 1 heterocycles. The van der Waals surface area contributed by atoms with Gasteiger partial charge in [-0.05, 0) is 55.2 Å². The van der Waals surface area contributed by atoms with Crippen LogP contribution in [0.15, 0.2) is 24.3 Å². The van der Waals surface area contributed by atoms with E-state index in [0.29, 0.717) is 31.1 Å². The number of anilines is 1. The van der Waals surface area contributed by atoms with E-state index in [1.165, 1.54) is 25.7 Å². The van der Waals surface area contributed by atoms with Gasteiger partial charge in [0.05, 0.1) is 5.41 Å². The van der Waals surface area contributed by atoms with Gasteiger partial charge in [-0.15, -0.1) is 0 Å². The fraction of sp³-hybridized carbons (Fsp3) is 0.571. The average Bonchev–Trinajstić information content (AvgIpc) is 3.38. The molecule has 26 heavy (non-hydrogen) atoms. The second kappa shape index (κ2) is 6.53. The van der Waals surface area contributed by atoms with E-state index in [4.69, 9.17) is 0 Å². The SMILES string of the molecule is CC[C@@]1(c2ccc(NC(=O)C3[C@H]4CCCC[C@@H]34)cc2)CCC(=O)NC1=O. The van der Waals surface area contributed by atoms with Crippen LogP contribution >= 0.6 is 0 Å². The van der Waals surface area contributed by atoms with Gasteiger partial charge in [-0.25, -0.2) is 0 Å². The quantitative estimate of drug-likeness (QED) is 0.816. The summed E-state index contributed by atoms with van der Waals surface area (Å²) in [5.74, 6) is 1.10. The maximum absolute atomic E-state index is 12.5. The van der Waals surface area contributed by atoms with E-state index in [2.05, 4.69) is 10.6 Å². The molecule has 1 aromatic rings. The molecular weight excluding hydrogens is 328 g/mol. The van der Waals surface area contributed by atoms with Gasteiger partial charge in [-0.1, -0.05) is 31.9 Å². The van der Waals surface area contributed by atoms with Crippen LogP contribution in [0.1, 0.15) is 57.4 Å². The van der Waals surface area contributed by atoms with Gasteiger partial charge in [0.15, 0.2) is 0 Å². The summed E-state index contributed by atoms with van der Waals surface area (Å²) in [5.41, 5.74) is 1.03. The first-order valence-corrected chi connectivity index (χ1v) is 9.81. The summed E-state index contributed by atoms with van der Waals surface area (Å²) >= 11 is 0. The maximum atomic E-state index is 12.5. The van der Waals surface area contributed by atoms with E-state index >= 15 is 0 Å². The van der Waals surface area contributed by atoms with Crippen LogP contribution < -0.4 is 10.6 Å². The van der Waals surface area contributed by atoms with Crippen LogP contribution in [0.2, 0.25) is 0 Å². The van der Waals surface area contributed by atoms with Crippen molar-refractivity contribution < 1.29 is 14.4 Å². The van der Waals surface area contributed by atoms with Crippen LogP contribution in [0, 0.1) is 17.8 Å². The molecule has 4 rings (SSSR count). The Hall–Kier alpha value is -2.17. The van der Waals surface area contributed by atoms with Crippen molar-refractivity contribution in [2.75, 3.05) is 5.32 Å². The number of carbonyl (C=O) groups excluding carboxylic acids is 3. The molecular formula is C21H26N2O3. The Morgan fingerprint density at radius 2 is 1.81 bits per heavy atom. The Bertz CT molecular complexity index is 730. The molecule has 2 saturated carbocycles. The Morgan fingerprint density at radius 3 is 2.38 bits per heavy atom. The Balaban J connectivity index is 1.45. The minimum atomic E-state index is -0.651. The van der Waals surface area contributed by atoms with Crippen LogP contribution in [0.5, 0.6) is 0 Å². The molecule has 1 aliphatic heterocycles. The minimum absolute atomic E-state index is 0.140. The lowest BCUT2D eigenvalue weighted by atomic mass is 9.72. The first-order chi connectivity index (χ1) is 12.5. The highest BCUT2D eigenvalue weighted by Gasteiger charge is 2.54. The first kappa shape index (κ1) is 17.3. The minimum Gasteiger partial charge on any atom is -0.326 e. The second-order valence-electron chi connectivity index (χ2n) is 8.02. The van der Waals surface area contributed by atoms with E-state index < -0.39 is 5.41 Å². The molecule has 3 fully saturated rings. The number of piperidine rings is 1. The molecule has 0 aromatic heterocycles. The Kier molecular flexibility index (Phi) is 4.33. The Morgan fingerprint density at radius 1 is 1.15 bits per heavy atom. The summed E-state index contributed by atoms with van der Waals surface area (Å²) in [6.45, 7) is 1.97. The number of rotatable bonds is 4. The smallest absolute Gasteiger partial charge is 0.237 e.